The first-order valence-electron chi connectivity index (χ1n) is 12.2. The molecule has 1 heterocycles. The number of rotatable bonds is 6. The van der Waals surface area contributed by atoms with Crippen molar-refractivity contribution >= 4 is 0 Å². The van der Waals surface area contributed by atoms with Crippen molar-refractivity contribution in [2.24, 2.45) is 0 Å². The van der Waals surface area contributed by atoms with Crippen LogP contribution in [0.3, 0.4) is 0 Å². The van der Waals surface area contributed by atoms with Crippen LogP contribution in [0, 0.1) is 0 Å². The fraction of sp³-hybridized carbons (Fsp3) is 0.379. The third kappa shape index (κ3) is 5.01. The smallest absolute Gasteiger partial charge is 0.119 e. The first kappa shape index (κ1) is 21.8. The lowest BCUT2D eigenvalue weighted by Gasteiger charge is -2.35. The van der Waals surface area contributed by atoms with Gasteiger partial charge >= 0.3 is 0 Å². The zero-order chi connectivity index (χ0) is 22.6. The molecule has 5 rings (SSSR count). The van der Waals surface area contributed by atoms with E-state index in [-0.39, 0.29) is 5.92 Å². The standard InChI is InChI=1S/C29H33NO3/c31-24-9-4-20(5-10-24)27-14-8-22-19-25(32)11-15-28(22)29(27)21-6-12-26(13-7-21)33-18-16-23-3-1-2-17-30-23/h4-7,9-13,15,19,23,27,29-32H,1-3,8,14,16-18H2. The Morgan fingerprint density at radius 2 is 1.58 bits per heavy atom. The van der Waals surface area contributed by atoms with Gasteiger partial charge in [-0.2, -0.15) is 0 Å². The number of nitrogens with one attached hydrogen (secondary N) is 1. The molecule has 3 aromatic rings. The summed E-state index contributed by atoms with van der Waals surface area (Å²) in [5.74, 6) is 2.04. The molecule has 4 heteroatoms. The van der Waals surface area contributed by atoms with Gasteiger partial charge in [0.2, 0.25) is 0 Å². The highest BCUT2D eigenvalue weighted by molar-refractivity contribution is 5.48. The zero-order valence-electron chi connectivity index (χ0n) is 19.0. The number of aryl methyl sites for hydroxylation is 1. The topological polar surface area (TPSA) is 61.7 Å². The molecule has 4 nitrogen and oxygen atoms in total. The lowest BCUT2D eigenvalue weighted by atomic mass is 9.69. The van der Waals surface area contributed by atoms with E-state index in [1.54, 1.807) is 18.2 Å². The van der Waals surface area contributed by atoms with Crippen molar-refractivity contribution in [3.05, 3.63) is 89.0 Å². The number of hydrogen-bond acceptors (Lipinski definition) is 4. The molecule has 3 aromatic carbocycles. The molecule has 2 aliphatic rings. The summed E-state index contributed by atoms with van der Waals surface area (Å²) in [7, 11) is 0. The number of hydrogen-bond donors (Lipinski definition) is 3. The molecule has 3 atom stereocenters. The molecule has 33 heavy (non-hydrogen) atoms. The van der Waals surface area contributed by atoms with Crippen LogP contribution in [0.4, 0.5) is 0 Å². The Kier molecular flexibility index (Phi) is 6.54. The number of phenolic OH excluding ortho intramolecular Hbond substituents is 2. The van der Waals surface area contributed by atoms with E-state index in [1.165, 1.54) is 41.5 Å². The molecular formula is C29H33NO3. The summed E-state index contributed by atoms with van der Waals surface area (Å²) in [6, 6.07) is 22.5. The Balaban J connectivity index is 1.36. The summed E-state index contributed by atoms with van der Waals surface area (Å²) >= 11 is 0. The summed E-state index contributed by atoms with van der Waals surface area (Å²) in [6.07, 6.45) is 6.82. The van der Waals surface area contributed by atoms with E-state index >= 15 is 0 Å². The van der Waals surface area contributed by atoms with Gasteiger partial charge in [-0.15, -0.1) is 0 Å². The van der Waals surface area contributed by atoms with Crippen LogP contribution >= 0.6 is 0 Å². The minimum absolute atomic E-state index is 0.194. The van der Waals surface area contributed by atoms with E-state index in [0.717, 1.165) is 38.2 Å². The number of ether oxygens (including phenoxy) is 1. The minimum atomic E-state index is 0.194. The molecule has 0 bridgehead atoms. The zero-order valence-corrected chi connectivity index (χ0v) is 19.0. The molecule has 1 fully saturated rings. The Bertz CT molecular complexity index is 1060. The predicted molar refractivity (Wildman–Crippen MR) is 131 cm³/mol. The van der Waals surface area contributed by atoms with Crippen molar-refractivity contribution in [1.82, 2.24) is 5.32 Å². The second-order valence-corrected chi connectivity index (χ2v) is 9.45. The van der Waals surface area contributed by atoms with Crippen molar-refractivity contribution < 1.29 is 14.9 Å². The van der Waals surface area contributed by atoms with Gasteiger partial charge in [-0.25, -0.2) is 0 Å². The average Bonchev–Trinajstić information content (AvgIpc) is 2.85. The Labute approximate surface area is 196 Å². The van der Waals surface area contributed by atoms with E-state index in [0.29, 0.717) is 23.5 Å². The molecule has 3 unspecified atom stereocenters. The average molecular weight is 444 g/mol. The normalized spacial score (nSPS) is 22.5. The highest BCUT2D eigenvalue weighted by Gasteiger charge is 2.32. The number of benzene rings is 3. The van der Waals surface area contributed by atoms with Crippen LogP contribution in [0.2, 0.25) is 0 Å². The summed E-state index contributed by atoms with van der Waals surface area (Å²) in [6.45, 7) is 1.86. The van der Waals surface area contributed by atoms with Gasteiger partial charge in [0.25, 0.3) is 0 Å². The van der Waals surface area contributed by atoms with Crippen molar-refractivity contribution in [3.8, 4) is 17.2 Å². The third-order valence-corrected chi connectivity index (χ3v) is 7.30. The lowest BCUT2D eigenvalue weighted by molar-refractivity contribution is 0.268. The molecule has 1 saturated heterocycles. The Morgan fingerprint density at radius 3 is 2.33 bits per heavy atom. The molecule has 1 aliphatic carbocycles. The molecule has 0 spiro atoms. The largest absolute Gasteiger partial charge is 0.508 e. The van der Waals surface area contributed by atoms with Crippen molar-refractivity contribution in [2.75, 3.05) is 13.2 Å². The van der Waals surface area contributed by atoms with Gasteiger partial charge < -0.3 is 20.3 Å². The highest BCUT2D eigenvalue weighted by Crippen LogP contribution is 2.47. The fourth-order valence-corrected chi connectivity index (χ4v) is 5.56. The van der Waals surface area contributed by atoms with E-state index in [9.17, 15) is 10.2 Å². The molecular weight excluding hydrogens is 410 g/mol. The maximum atomic E-state index is 10.0. The van der Waals surface area contributed by atoms with Gasteiger partial charge in [-0.05, 0) is 103 Å². The Hall–Kier alpha value is -2.98. The van der Waals surface area contributed by atoms with Gasteiger partial charge in [-0.1, -0.05) is 36.8 Å². The maximum Gasteiger partial charge on any atom is 0.119 e. The summed E-state index contributed by atoms with van der Waals surface area (Å²) in [4.78, 5) is 0. The predicted octanol–water partition coefficient (Wildman–Crippen LogP) is 5.87. The number of fused-ring (bicyclic) bond motifs is 1. The first-order chi connectivity index (χ1) is 16.2. The monoisotopic (exact) mass is 443 g/mol. The van der Waals surface area contributed by atoms with Gasteiger partial charge in [-0.3, -0.25) is 0 Å². The molecule has 0 aromatic heterocycles. The van der Waals surface area contributed by atoms with Crippen LogP contribution in [-0.4, -0.2) is 29.4 Å². The quantitative estimate of drug-likeness (QED) is 0.446. The van der Waals surface area contributed by atoms with Gasteiger partial charge in [0.05, 0.1) is 6.61 Å². The molecule has 172 valence electrons. The SMILES string of the molecule is Oc1ccc(C2CCc3cc(O)ccc3C2c2ccc(OCCC3CCCCN3)cc2)cc1. The van der Waals surface area contributed by atoms with Crippen LogP contribution in [0.5, 0.6) is 17.2 Å². The van der Waals surface area contributed by atoms with Crippen molar-refractivity contribution in [1.29, 1.82) is 0 Å². The highest BCUT2D eigenvalue weighted by atomic mass is 16.5. The van der Waals surface area contributed by atoms with Crippen LogP contribution in [0.25, 0.3) is 0 Å². The maximum absolute atomic E-state index is 10.0. The van der Waals surface area contributed by atoms with Crippen LogP contribution in [0.1, 0.15) is 66.2 Å². The van der Waals surface area contributed by atoms with Crippen molar-refractivity contribution in [2.45, 2.75) is 56.4 Å². The number of aromatic hydroxyl groups is 2. The van der Waals surface area contributed by atoms with E-state index < -0.39 is 0 Å². The van der Waals surface area contributed by atoms with Gasteiger partial charge in [0.15, 0.2) is 0 Å². The summed E-state index contributed by atoms with van der Waals surface area (Å²) in [5, 5.41) is 23.4. The fourth-order valence-electron chi connectivity index (χ4n) is 5.56. The molecule has 3 N–H and O–H groups in total. The summed E-state index contributed by atoms with van der Waals surface area (Å²) < 4.78 is 6.06. The first-order valence-corrected chi connectivity index (χ1v) is 12.2. The van der Waals surface area contributed by atoms with E-state index in [2.05, 4.69) is 35.6 Å². The molecule has 1 aliphatic heterocycles. The van der Waals surface area contributed by atoms with Gasteiger partial charge in [0.1, 0.15) is 17.2 Å². The van der Waals surface area contributed by atoms with E-state index in [1.807, 2.05) is 18.2 Å². The number of piperidine rings is 1. The molecule has 0 amide bonds. The molecule has 0 saturated carbocycles. The van der Waals surface area contributed by atoms with Crippen molar-refractivity contribution in [3.63, 3.8) is 0 Å². The van der Waals surface area contributed by atoms with Gasteiger partial charge in [0, 0.05) is 12.0 Å². The molecule has 0 radical (unpaired) electrons. The lowest BCUT2D eigenvalue weighted by Crippen LogP contribution is -2.35. The number of phenols is 2. The Morgan fingerprint density at radius 1 is 0.818 bits per heavy atom. The summed E-state index contributed by atoms with van der Waals surface area (Å²) in [5.41, 5.74) is 4.97. The van der Waals surface area contributed by atoms with Crippen LogP contribution in [0.15, 0.2) is 66.7 Å². The van der Waals surface area contributed by atoms with Crippen LogP contribution < -0.4 is 10.1 Å². The second-order valence-electron chi connectivity index (χ2n) is 9.45. The second kappa shape index (κ2) is 9.88. The van der Waals surface area contributed by atoms with Crippen LogP contribution in [-0.2, 0) is 6.42 Å². The van der Waals surface area contributed by atoms with E-state index in [4.69, 9.17) is 4.74 Å². The minimum Gasteiger partial charge on any atom is -0.508 e. The third-order valence-electron chi connectivity index (χ3n) is 7.30.